The number of aromatic nitrogens is 2. The van der Waals surface area contributed by atoms with Gasteiger partial charge in [0, 0.05) is 51.0 Å². The van der Waals surface area contributed by atoms with Gasteiger partial charge in [0.05, 0.1) is 19.4 Å². The lowest BCUT2D eigenvalue weighted by Gasteiger charge is -2.36. The minimum Gasteiger partial charge on any atom is -0.497 e. The van der Waals surface area contributed by atoms with Gasteiger partial charge in [0.15, 0.2) is 5.82 Å². The number of hydrogen-bond acceptors (Lipinski definition) is 7. The topological polar surface area (TPSA) is 88.1 Å². The average Bonchev–Trinajstić information content (AvgIpc) is 2.95. The molecular formula is C27H31N5O4. The van der Waals surface area contributed by atoms with Crippen molar-refractivity contribution in [3.8, 4) is 17.0 Å². The molecule has 0 N–H and O–H groups in total. The van der Waals surface area contributed by atoms with E-state index in [9.17, 15) is 9.59 Å². The van der Waals surface area contributed by atoms with E-state index >= 15 is 0 Å². The monoisotopic (exact) mass is 489 g/mol. The van der Waals surface area contributed by atoms with Crippen molar-refractivity contribution in [3.05, 3.63) is 72.3 Å². The smallest absolute Gasteiger partial charge is 0.254 e. The summed E-state index contributed by atoms with van der Waals surface area (Å²) in [5.41, 5.74) is 2.32. The molecule has 1 aliphatic heterocycles. The van der Waals surface area contributed by atoms with Crippen molar-refractivity contribution < 1.29 is 19.1 Å². The van der Waals surface area contributed by atoms with E-state index in [1.54, 1.807) is 43.4 Å². The summed E-state index contributed by atoms with van der Waals surface area (Å²) in [6.45, 7) is 3.04. The van der Waals surface area contributed by atoms with E-state index in [0.717, 1.165) is 17.1 Å². The number of carbonyl (C=O) groups excluding carboxylic acids is 2. The standard InChI is InChI=1S/C27H31N5O4/c1-35-18-17-32(27(34)22-9-6-10-23(19-22)36-2)20-26(33)31-15-13-30(14-16-31)25-12-11-24(28-29-25)21-7-4-3-5-8-21/h3-12,19H,13-18,20H2,1-2H3. The van der Waals surface area contributed by atoms with Gasteiger partial charge in [0.25, 0.3) is 5.91 Å². The lowest BCUT2D eigenvalue weighted by atomic mass is 10.1. The summed E-state index contributed by atoms with van der Waals surface area (Å²) in [5.74, 6) is 1.06. The van der Waals surface area contributed by atoms with Crippen LogP contribution in [-0.2, 0) is 9.53 Å². The molecule has 0 radical (unpaired) electrons. The number of ether oxygens (including phenoxy) is 2. The predicted molar refractivity (Wildman–Crippen MR) is 137 cm³/mol. The molecule has 2 amide bonds. The van der Waals surface area contributed by atoms with E-state index < -0.39 is 0 Å². The Labute approximate surface area is 211 Å². The molecule has 0 aliphatic carbocycles. The van der Waals surface area contributed by atoms with Crippen LogP contribution in [0.5, 0.6) is 5.75 Å². The predicted octanol–water partition coefficient (Wildman–Crippen LogP) is 2.59. The Morgan fingerprint density at radius 2 is 1.69 bits per heavy atom. The third-order valence-corrected chi connectivity index (χ3v) is 6.17. The second kappa shape index (κ2) is 12.1. The molecule has 9 heteroatoms. The molecule has 1 aromatic heterocycles. The SMILES string of the molecule is COCCN(CC(=O)N1CCN(c2ccc(-c3ccccc3)nn2)CC1)C(=O)c1cccc(OC)c1. The van der Waals surface area contributed by atoms with Gasteiger partial charge in [0.2, 0.25) is 5.91 Å². The molecule has 0 unspecified atom stereocenters. The number of rotatable bonds is 9. The third kappa shape index (κ3) is 6.17. The van der Waals surface area contributed by atoms with Gasteiger partial charge in [-0.25, -0.2) is 0 Å². The van der Waals surface area contributed by atoms with Crippen LogP contribution in [0.1, 0.15) is 10.4 Å². The zero-order chi connectivity index (χ0) is 25.3. The normalized spacial score (nSPS) is 13.4. The molecule has 1 saturated heterocycles. The number of carbonyl (C=O) groups is 2. The Morgan fingerprint density at radius 1 is 0.917 bits per heavy atom. The molecule has 9 nitrogen and oxygen atoms in total. The summed E-state index contributed by atoms with van der Waals surface area (Å²) < 4.78 is 10.4. The Kier molecular flexibility index (Phi) is 8.46. The van der Waals surface area contributed by atoms with E-state index in [1.165, 1.54) is 4.90 Å². The van der Waals surface area contributed by atoms with Gasteiger partial charge in [-0.3, -0.25) is 9.59 Å². The molecule has 0 bridgehead atoms. The van der Waals surface area contributed by atoms with Gasteiger partial charge in [-0.15, -0.1) is 10.2 Å². The van der Waals surface area contributed by atoms with Crippen molar-refractivity contribution >= 4 is 17.6 Å². The Balaban J connectivity index is 1.35. The van der Waals surface area contributed by atoms with Gasteiger partial charge in [0.1, 0.15) is 12.3 Å². The first-order valence-electron chi connectivity index (χ1n) is 11.9. The largest absolute Gasteiger partial charge is 0.497 e. The Hall–Kier alpha value is -3.98. The summed E-state index contributed by atoms with van der Waals surface area (Å²) in [6, 6.07) is 20.8. The quantitative estimate of drug-likeness (QED) is 0.457. The number of nitrogens with zero attached hydrogens (tertiary/aromatic N) is 5. The zero-order valence-electron chi connectivity index (χ0n) is 20.7. The molecule has 4 rings (SSSR count). The van der Waals surface area contributed by atoms with Crippen LogP contribution < -0.4 is 9.64 Å². The second-order valence-corrected chi connectivity index (χ2v) is 8.46. The summed E-state index contributed by atoms with van der Waals surface area (Å²) in [7, 11) is 3.13. The van der Waals surface area contributed by atoms with E-state index in [2.05, 4.69) is 15.1 Å². The van der Waals surface area contributed by atoms with Crippen molar-refractivity contribution in [2.75, 3.05) is 65.0 Å². The maximum absolute atomic E-state index is 13.1. The molecule has 0 spiro atoms. The summed E-state index contributed by atoms with van der Waals surface area (Å²) in [4.78, 5) is 31.7. The number of hydrogen-bond donors (Lipinski definition) is 0. The molecule has 0 atom stereocenters. The number of anilines is 1. The van der Waals surface area contributed by atoms with Crippen molar-refractivity contribution in [2.24, 2.45) is 0 Å². The lowest BCUT2D eigenvalue weighted by Crippen LogP contribution is -2.52. The summed E-state index contributed by atoms with van der Waals surface area (Å²) >= 11 is 0. The van der Waals surface area contributed by atoms with E-state index in [1.807, 2.05) is 42.5 Å². The highest BCUT2D eigenvalue weighted by Gasteiger charge is 2.26. The minimum atomic E-state index is -0.230. The van der Waals surface area contributed by atoms with E-state index in [4.69, 9.17) is 9.47 Å². The van der Waals surface area contributed by atoms with Gasteiger partial charge in [-0.2, -0.15) is 0 Å². The molecule has 36 heavy (non-hydrogen) atoms. The van der Waals surface area contributed by atoms with Crippen molar-refractivity contribution in [2.45, 2.75) is 0 Å². The van der Waals surface area contributed by atoms with Gasteiger partial charge in [-0.05, 0) is 30.3 Å². The molecule has 1 aliphatic rings. The summed E-state index contributed by atoms with van der Waals surface area (Å²) in [6.07, 6.45) is 0. The van der Waals surface area contributed by atoms with Gasteiger partial charge >= 0.3 is 0 Å². The maximum atomic E-state index is 13.1. The number of piperazine rings is 1. The average molecular weight is 490 g/mol. The van der Waals surface area contributed by atoms with Crippen LogP contribution in [0.4, 0.5) is 5.82 Å². The zero-order valence-corrected chi connectivity index (χ0v) is 20.7. The third-order valence-electron chi connectivity index (χ3n) is 6.17. The van der Waals surface area contributed by atoms with Gasteiger partial charge in [-0.1, -0.05) is 36.4 Å². The fraction of sp³-hybridized carbons (Fsp3) is 0.333. The van der Waals surface area contributed by atoms with Crippen LogP contribution >= 0.6 is 0 Å². The second-order valence-electron chi connectivity index (χ2n) is 8.46. The van der Waals surface area contributed by atoms with Crippen LogP contribution in [0.15, 0.2) is 66.7 Å². The van der Waals surface area contributed by atoms with E-state index in [-0.39, 0.29) is 18.4 Å². The summed E-state index contributed by atoms with van der Waals surface area (Å²) in [5, 5.41) is 8.77. The maximum Gasteiger partial charge on any atom is 0.254 e. The highest BCUT2D eigenvalue weighted by molar-refractivity contribution is 5.96. The molecule has 0 saturated carbocycles. The van der Waals surface area contributed by atoms with Crippen LogP contribution in [0.25, 0.3) is 11.3 Å². The molecule has 1 fully saturated rings. The molecular weight excluding hydrogens is 458 g/mol. The van der Waals surface area contributed by atoms with Crippen LogP contribution in [-0.4, -0.2) is 91.9 Å². The van der Waals surface area contributed by atoms with Crippen LogP contribution in [0.2, 0.25) is 0 Å². The molecule has 188 valence electrons. The fourth-order valence-electron chi connectivity index (χ4n) is 4.10. The number of benzene rings is 2. The fourth-order valence-corrected chi connectivity index (χ4v) is 4.10. The van der Waals surface area contributed by atoms with Crippen molar-refractivity contribution in [1.82, 2.24) is 20.0 Å². The molecule has 2 heterocycles. The van der Waals surface area contributed by atoms with Crippen molar-refractivity contribution in [1.29, 1.82) is 0 Å². The number of methoxy groups -OCH3 is 2. The Morgan fingerprint density at radius 3 is 2.36 bits per heavy atom. The van der Waals surface area contributed by atoms with Crippen LogP contribution in [0, 0.1) is 0 Å². The lowest BCUT2D eigenvalue weighted by molar-refractivity contribution is -0.132. The van der Waals surface area contributed by atoms with Crippen molar-refractivity contribution in [3.63, 3.8) is 0 Å². The van der Waals surface area contributed by atoms with Crippen LogP contribution in [0.3, 0.4) is 0 Å². The number of amides is 2. The first-order chi connectivity index (χ1) is 17.6. The molecule has 3 aromatic rings. The van der Waals surface area contributed by atoms with E-state index in [0.29, 0.717) is 50.6 Å². The molecule has 2 aromatic carbocycles. The Bertz CT molecular complexity index is 1150. The first-order valence-corrected chi connectivity index (χ1v) is 11.9. The highest BCUT2D eigenvalue weighted by Crippen LogP contribution is 2.19. The minimum absolute atomic E-state index is 0.00895. The van der Waals surface area contributed by atoms with Gasteiger partial charge < -0.3 is 24.2 Å². The first kappa shape index (κ1) is 25.1. The highest BCUT2D eigenvalue weighted by atomic mass is 16.5.